The van der Waals surface area contributed by atoms with Crippen LogP contribution >= 0.6 is 0 Å². The van der Waals surface area contributed by atoms with Crippen molar-refractivity contribution in [2.24, 2.45) is 0 Å². The summed E-state index contributed by atoms with van der Waals surface area (Å²) >= 11 is 0. The summed E-state index contributed by atoms with van der Waals surface area (Å²) in [6.07, 6.45) is 4.26. The molecule has 0 aliphatic carbocycles. The van der Waals surface area contributed by atoms with Crippen LogP contribution in [0.3, 0.4) is 0 Å². The van der Waals surface area contributed by atoms with Crippen LogP contribution < -0.4 is 5.32 Å². The third-order valence-corrected chi connectivity index (χ3v) is 3.07. The smallest absolute Gasteiger partial charge is 0.232 e. The highest BCUT2D eigenvalue weighted by Gasteiger charge is 2.29. The average molecular weight is 224 g/mol. The van der Waals surface area contributed by atoms with Crippen LogP contribution in [0.2, 0.25) is 0 Å². The van der Waals surface area contributed by atoms with Gasteiger partial charge in [-0.2, -0.15) is 0 Å². The molecule has 3 heteroatoms. The van der Waals surface area contributed by atoms with Crippen LogP contribution in [0.15, 0.2) is 48.8 Å². The van der Waals surface area contributed by atoms with Crippen LogP contribution in [0, 0.1) is 0 Å². The first-order valence-electron chi connectivity index (χ1n) is 5.63. The molecule has 1 aliphatic rings. The van der Waals surface area contributed by atoms with E-state index in [1.54, 1.807) is 6.20 Å². The lowest BCUT2D eigenvalue weighted by Crippen LogP contribution is -2.14. The van der Waals surface area contributed by atoms with E-state index in [0.29, 0.717) is 6.42 Å². The maximum Gasteiger partial charge on any atom is 0.232 e. The first-order chi connectivity index (χ1) is 8.34. The number of fused-ring (bicyclic) bond motifs is 1. The molecule has 17 heavy (non-hydrogen) atoms. The van der Waals surface area contributed by atoms with Crippen LogP contribution in [-0.2, 0) is 11.2 Å². The minimum absolute atomic E-state index is 0.0788. The van der Waals surface area contributed by atoms with Crippen molar-refractivity contribution in [3.05, 3.63) is 59.9 Å². The topological polar surface area (TPSA) is 42.0 Å². The summed E-state index contributed by atoms with van der Waals surface area (Å²) in [6, 6.07) is 11.8. The van der Waals surface area contributed by atoms with E-state index in [1.165, 1.54) is 0 Å². The second-order valence-electron chi connectivity index (χ2n) is 4.19. The lowest BCUT2D eigenvalue weighted by atomic mass is 9.94. The zero-order valence-corrected chi connectivity index (χ0v) is 9.26. The molecule has 1 aliphatic heterocycles. The quantitative estimate of drug-likeness (QED) is 0.850. The Balaban J connectivity index is 1.92. The molecule has 3 nitrogen and oxygen atoms in total. The van der Waals surface area contributed by atoms with E-state index < -0.39 is 0 Å². The first kappa shape index (κ1) is 10.0. The number of rotatable bonds is 2. The zero-order valence-electron chi connectivity index (χ0n) is 9.26. The molecule has 2 heterocycles. The lowest BCUT2D eigenvalue weighted by molar-refractivity contribution is -0.117. The molecule has 1 aromatic carbocycles. The molecule has 0 fully saturated rings. The Bertz CT molecular complexity index is 551. The van der Waals surface area contributed by atoms with Gasteiger partial charge in [-0.05, 0) is 29.7 Å². The van der Waals surface area contributed by atoms with E-state index >= 15 is 0 Å². The van der Waals surface area contributed by atoms with Crippen LogP contribution in [0.1, 0.15) is 17.0 Å². The molecular formula is C14H12N2O. The van der Waals surface area contributed by atoms with E-state index in [0.717, 1.165) is 16.8 Å². The van der Waals surface area contributed by atoms with Gasteiger partial charge in [-0.1, -0.05) is 24.3 Å². The Morgan fingerprint density at radius 3 is 2.88 bits per heavy atom. The first-order valence-corrected chi connectivity index (χ1v) is 5.63. The average Bonchev–Trinajstić information content (AvgIpc) is 2.68. The SMILES string of the molecule is O=C1Nc2ccccc2[C@H]1Cc1cccnc1. The number of carbonyl (C=O) groups is 1. The number of hydrogen-bond acceptors (Lipinski definition) is 2. The Morgan fingerprint density at radius 2 is 2.06 bits per heavy atom. The summed E-state index contributed by atoms with van der Waals surface area (Å²) in [5.74, 6) is -0.00884. The van der Waals surface area contributed by atoms with Crippen molar-refractivity contribution in [1.82, 2.24) is 4.98 Å². The summed E-state index contributed by atoms with van der Waals surface area (Å²) < 4.78 is 0. The zero-order chi connectivity index (χ0) is 11.7. The Hall–Kier alpha value is -2.16. The van der Waals surface area contributed by atoms with Crippen LogP contribution in [0.25, 0.3) is 0 Å². The van der Waals surface area contributed by atoms with Gasteiger partial charge in [0.2, 0.25) is 5.91 Å². The van der Waals surface area contributed by atoms with Gasteiger partial charge < -0.3 is 5.32 Å². The molecule has 1 atom stereocenters. The molecule has 2 aromatic rings. The third kappa shape index (κ3) is 1.80. The van der Waals surface area contributed by atoms with Gasteiger partial charge in [0.25, 0.3) is 0 Å². The molecule has 0 spiro atoms. The molecule has 0 saturated heterocycles. The fraction of sp³-hybridized carbons (Fsp3) is 0.143. The van der Waals surface area contributed by atoms with Crippen molar-refractivity contribution in [1.29, 1.82) is 0 Å². The molecule has 1 aromatic heterocycles. The van der Waals surface area contributed by atoms with E-state index in [4.69, 9.17) is 0 Å². The number of carbonyl (C=O) groups excluding carboxylic acids is 1. The number of anilines is 1. The number of aromatic nitrogens is 1. The van der Waals surface area contributed by atoms with Gasteiger partial charge in [-0.25, -0.2) is 0 Å². The number of pyridine rings is 1. The molecule has 1 amide bonds. The minimum atomic E-state index is -0.0876. The van der Waals surface area contributed by atoms with E-state index in [9.17, 15) is 4.79 Å². The minimum Gasteiger partial charge on any atom is -0.325 e. The standard InChI is InChI=1S/C14H12N2O/c17-14-12(8-10-4-3-7-15-9-10)11-5-1-2-6-13(11)16-14/h1-7,9,12H,8H2,(H,16,17)/t12-/m1/s1. The highest BCUT2D eigenvalue weighted by atomic mass is 16.2. The highest BCUT2D eigenvalue weighted by molar-refractivity contribution is 6.02. The number of amides is 1. The summed E-state index contributed by atoms with van der Waals surface area (Å²) in [5.41, 5.74) is 3.11. The Labute approximate surface area is 99.5 Å². The number of para-hydroxylation sites is 1. The summed E-state index contributed by atoms with van der Waals surface area (Å²) in [4.78, 5) is 16.0. The largest absolute Gasteiger partial charge is 0.325 e. The van der Waals surface area contributed by atoms with E-state index in [1.807, 2.05) is 42.6 Å². The summed E-state index contributed by atoms with van der Waals surface area (Å²) in [6.45, 7) is 0. The van der Waals surface area contributed by atoms with E-state index in [-0.39, 0.29) is 11.8 Å². The molecule has 1 N–H and O–H groups in total. The fourth-order valence-corrected chi connectivity index (χ4v) is 2.23. The normalized spacial score (nSPS) is 17.6. The summed E-state index contributed by atoms with van der Waals surface area (Å²) in [5, 5.41) is 2.91. The molecular weight excluding hydrogens is 212 g/mol. The van der Waals surface area contributed by atoms with Gasteiger partial charge in [0, 0.05) is 18.1 Å². The van der Waals surface area contributed by atoms with Crippen molar-refractivity contribution in [2.75, 3.05) is 5.32 Å². The second kappa shape index (κ2) is 4.01. The van der Waals surface area contributed by atoms with Crippen molar-refractivity contribution in [3.63, 3.8) is 0 Å². The molecule has 3 rings (SSSR count). The van der Waals surface area contributed by atoms with Crippen molar-refractivity contribution >= 4 is 11.6 Å². The highest BCUT2D eigenvalue weighted by Crippen LogP contribution is 2.34. The van der Waals surface area contributed by atoms with Gasteiger partial charge >= 0.3 is 0 Å². The van der Waals surface area contributed by atoms with Crippen molar-refractivity contribution in [2.45, 2.75) is 12.3 Å². The number of benzene rings is 1. The van der Waals surface area contributed by atoms with Gasteiger partial charge in [0.1, 0.15) is 0 Å². The Morgan fingerprint density at radius 1 is 1.18 bits per heavy atom. The van der Waals surface area contributed by atoms with Gasteiger partial charge in [0.05, 0.1) is 5.92 Å². The van der Waals surface area contributed by atoms with Crippen LogP contribution in [0.5, 0.6) is 0 Å². The number of nitrogens with one attached hydrogen (secondary N) is 1. The molecule has 0 saturated carbocycles. The van der Waals surface area contributed by atoms with Crippen LogP contribution in [-0.4, -0.2) is 10.9 Å². The van der Waals surface area contributed by atoms with Crippen LogP contribution in [0.4, 0.5) is 5.69 Å². The molecule has 0 unspecified atom stereocenters. The monoisotopic (exact) mass is 224 g/mol. The molecule has 84 valence electrons. The molecule has 0 bridgehead atoms. The maximum atomic E-state index is 11.9. The number of nitrogens with zero attached hydrogens (tertiary/aromatic N) is 1. The van der Waals surface area contributed by atoms with E-state index in [2.05, 4.69) is 10.3 Å². The predicted octanol–water partition coefficient (Wildman–Crippen LogP) is 2.36. The summed E-state index contributed by atoms with van der Waals surface area (Å²) in [7, 11) is 0. The van der Waals surface area contributed by atoms with Crippen molar-refractivity contribution < 1.29 is 4.79 Å². The Kier molecular flexibility index (Phi) is 2.37. The third-order valence-electron chi connectivity index (χ3n) is 3.07. The number of hydrogen-bond donors (Lipinski definition) is 1. The fourth-order valence-electron chi connectivity index (χ4n) is 2.23. The maximum absolute atomic E-state index is 11.9. The predicted molar refractivity (Wildman–Crippen MR) is 65.8 cm³/mol. The van der Waals surface area contributed by atoms with Gasteiger partial charge in [-0.15, -0.1) is 0 Å². The van der Waals surface area contributed by atoms with Gasteiger partial charge in [-0.3, -0.25) is 9.78 Å². The lowest BCUT2D eigenvalue weighted by Gasteiger charge is -2.07. The van der Waals surface area contributed by atoms with Crippen molar-refractivity contribution in [3.8, 4) is 0 Å². The van der Waals surface area contributed by atoms with Gasteiger partial charge in [0.15, 0.2) is 0 Å². The second-order valence-corrected chi connectivity index (χ2v) is 4.19. The molecule has 0 radical (unpaired) electrons.